The first-order valence-corrected chi connectivity index (χ1v) is 14.6. The molecule has 3 aromatic rings. The van der Waals surface area contributed by atoms with Gasteiger partial charge in [-0.2, -0.15) is 0 Å². The number of amides is 1. The Labute approximate surface area is 245 Å². The fraction of sp³-hybridized carbons (Fsp3) is 0.457. The van der Waals surface area contributed by atoms with E-state index in [2.05, 4.69) is 45.3 Å². The van der Waals surface area contributed by atoms with Crippen LogP contribution in [0.1, 0.15) is 57.7 Å². The van der Waals surface area contributed by atoms with Gasteiger partial charge in [0.2, 0.25) is 5.91 Å². The topological polar surface area (TPSA) is 68.8 Å². The second kappa shape index (κ2) is 14.2. The van der Waals surface area contributed by atoms with Crippen molar-refractivity contribution in [3.8, 4) is 0 Å². The standard InChI is InChI=1S/C35H46N2O4/c1-34(2,3)25-35(4,5)37-33(38)30-32(41-23-28-19-13-8-14-20-28)31(40-22-27-17-11-7-12-18-27)29(36-30)24-39-21-26-15-9-6-10-16-26/h6-20,29-32,36H,21-25H2,1-5H3,(H,37,38)/t29-,30-,31+,32-/m1/s1. The molecule has 1 aliphatic heterocycles. The summed E-state index contributed by atoms with van der Waals surface area (Å²) < 4.78 is 19.2. The van der Waals surface area contributed by atoms with E-state index in [1.165, 1.54) is 0 Å². The third-order valence-corrected chi connectivity index (χ3v) is 7.14. The first-order valence-electron chi connectivity index (χ1n) is 14.6. The molecule has 1 amide bonds. The van der Waals surface area contributed by atoms with Crippen LogP contribution in [0.5, 0.6) is 0 Å². The lowest BCUT2D eigenvalue weighted by Crippen LogP contribution is -2.55. The lowest BCUT2D eigenvalue weighted by Gasteiger charge is -2.35. The van der Waals surface area contributed by atoms with Crippen LogP contribution in [0.25, 0.3) is 0 Å². The minimum Gasteiger partial charge on any atom is -0.375 e. The zero-order chi connectivity index (χ0) is 29.3. The van der Waals surface area contributed by atoms with Crippen molar-refractivity contribution in [1.29, 1.82) is 0 Å². The molecular formula is C35H46N2O4. The summed E-state index contributed by atoms with van der Waals surface area (Å²) in [5, 5.41) is 6.85. The molecule has 2 N–H and O–H groups in total. The molecule has 0 spiro atoms. The van der Waals surface area contributed by atoms with Crippen LogP contribution in [0.4, 0.5) is 0 Å². The predicted molar refractivity (Wildman–Crippen MR) is 163 cm³/mol. The molecule has 0 unspecified atom stereocenters. The average molecular weight is 559 g/mol. The summed E-state index contributed by atoms with van der Waals surface area (Å²) in [7, 11) is 0. The highest BCUT2D eigenvalue weighted by Gasteiger charge is 2.49. The van der Waals surface area contributed by atoms with Gasteiger partial charge in [-0.15, -0.1) is 0 Å². The highest BCUT2D eigenvalue weighted by molar-refractivity contribution is 5.83. The lowest BCUT2D eigenvalue weighted by atomic mass is 9.81. The molecule has 0 saturated carbocycles. The minimum absolute atomic E-state index is 0.0677. The molecule has 4 atom stereocenters. The highest BCUT2D eigenvalue weighted by Crippen LogP contribution is 2.29. The molecule has 3 aromatic carbocycles. The maximum Gasteiger partial charge on any atom is 0.240 e. The van der Waals surface area contributed by atoms with Crippen LogP contribution in [-0.4, -0.2) is 42.3 Å². The first-order chi connectivity index (χ1) is 19.6. The second-order valence-corrected chi connectivity index (χ2v) is 12.9. The van der Waals surface area contributed by atoms with Crippen molar-refractivity contribution in [2.75, 3.05) is 6.61 Å². The van der Waals surface area contributed by atoms with E-state index in [9.17, 15) is 4.79 Å². The zero-order valence-corrected chi connectivity index (χ0v) is 25.1. The van der Waals surface area contributed by atoms with Gasteiger partial charge in [-0.25, -0.2) is 0 Å². The van der Waals surface area contributed by atoms with Crippen molar-refractivity contribution in [2.45, 2.75) is 90.7 Å². The molecule has 1 fully saturated rings. The van der Waals surface area contributed by atoms with Gasteiger partial charge in [0.1, 0.15) is 18.2 Å². The number of nitrogens with one attached hydrogen (secondary N) is 2. The van der Waals surface area contributed by atoms with Gasteiger partial charge in [0.05, 0.1) is 32.5 Å². The first kappa shape index (κ1) is 30.9. The summed E-state index contributed by atoms with van der Waals surface area (Å²) in [6.07, 6.45) is -0.0585. The molecule has 6 heteroatoms. The third kappa shape index (κ3) is 9.79. The molecule has 41 heavy (non-hydrogen) atoms. The summed E-state index contributed by atoms with van der Waals surface area (Å²) in [5.74, 6) is -0.0869. The minimum atomic E-state index is -0.593. The SMILES string of the molecule is CC(C)(C)CC(C)(C)NC(=O)[C@@H]1N[C@H](COCc2ccccc2)[C@H](OCc2ccccc2)[C@@H]1OCc1ccccc1. The number of ether oxygens (including phenoxy) is 3. The van der Waals surface area contributed by atoms with E-state index in [0.717, 1.165) is 23.1 Å². The van der Waals surface area contributed by atoms with Crippen molar-refractivity contribution < 1.29 is 19.0 Å². The van der Waals surface area contributed by atoms with E-state index in [0.29, 0.717) is 26.4 Å². The smallest absolute Gasteiger partial charge is 0.240 e. The van der Waals surface area contributed by atoms with Gasteiger partial charge in [-0.3, -0.25) is 10.1 Å². The Morgan fingerprint density at radius 2 is 1.17 bits per heavy atom. The molecule has 0 bridgehead atoms. The second-order valence-electron chi connectivity index (χ2n) is 12.9. The summed E-state index contributed by atoms with van der Waals surface area (Å²) in [4.78, 5) is 13.9. The van der Waals surface area contributed by atoms with Crippen LogP contribution in [-0.2, 0) is 38.8 Å². The number of hydrogen-bond acceptors (Lipinski definition) is 5. The normalized spacial score (nSPS) is 21.1. The Hall–Kier alpha value is -3.03. The Bertz CT molecular complexity index is 1200. The van der Waals surface area contributed by atoms with E-state index in [1.807, 2.05) is 91.0 Å². The molecule has 1 aliphatic rings. The van der Waals surface area contributed by atoms with Crippen molar-refractivity contribution in [1.82, 2.24) is 10.6 Å². The van der Waals surface area contributed by atoms with Crippen LogP contribution in [0.15, 0.2) is 91.0 Å². The maximum absolute atomic E-state index is 13.9. The number of carbonyl (C=O) groups is 1. The van der Waals surface area contributed by atoms with Gasteiger partial charge in [0.15, 0.2) is 0 Å². The molecule has 220 valence electrons. The van der Waals surface area contributed by atoms with E-state index in [4.69, 9.17) is 14.2 Å². The maximum atomic E-state index is 13.9. The van der Waals surface area contributed by atoms with Crippen molar-refractivity contribution in [3.05, 3.63) is 108 Å². The van der Waals surface area contributed by atoms with E-state index in [-0.39, 0.29) is 22.9 Å². The molecule has 0 radical (unpaired) electrons. The van der Waals surface area contributed by atoms with Gasteiger partial charge in [0, 0.05) is 5.54 Å². The average Bonchev–Trinajstić information content (AvgIpc) is 3.28. The Morgan fingerprint density at radius 1 is 0.707 bits per heavy atom. The Morgan fingerprint density at radius 3 is 1.66 bits per heavy atom. The molecule has 0 aliphatic carbocycles. The fourth-order valence-electron chi connectivity index (χ4n) is 5.80. The monoisotopic (exact) mass is 558 g/mol. The number of benzene rings is 3. The molecule has 4 rings (SSSR count). The fourth-order valence-corrected chi connectivity index (χ4v) is 5.80. The van der Waals surface area contributed by atoms with E-state index >= 15 is 0 Å². The quantitative estimate of drug-likeness (QED) is 0.268. The van der Waals surface area contributed by atoms with Gasteiger partial charge >= 0.3 is 0 Å². The van der Waals surface area contributed by atoms with Crippen LogP contribution in [0.3, 0.4) is 0 Å². The van der Waals surface area contributed by atoms with Gasteiger partial charge in [-0.1, -0.05) is 112 Å². The summed E-state index contributed by atoms with van der Waals surface area (Å²) >= 11 is 0. The Kier molecular flexibility index (Phi) is 10.7. The lowest BCUT2D eigenvalue weighted by molar-refractivity contribution is -0.132. The molecule has 0 aromatic heterocycles. The van der Waals surface area contributed by atoms with Crippen LogP contribution in [0.2, 0.25) is 0 Å². The number of rotatable bonds is 13. The zero-order valence-electron chi connectivity index (χ0n) is 25.1. The Balaban J connectivity index is 1.55. The van der Waals surface area contributed by atoms with Crippen molar-refractivity contribution in [2.24, 2.45) is 5.41 Å². The molecular weight excluding hydrogens is 512 g/mol. The highest BCUT2D eigenvalue weighted by atomic mass is 16.5. The number of hydrogen-bond donors (Lipinski definition) is 2. The van der Waals surface area contributed by atoms with E-state index in [1.54, 1.807) is 0 Å². The van der Waals surface area contributed by atoms with Crippen molar-refractivity contribution in [3.63, 3.8) is 0 Å². The van der Waals surface area contributed by atoms with Crippen molar-refractivity contribution >= 4 is 5.91 Å². The summed E-state index contributed by atoms with van der Waals surface area (Å²) in [6, 6.07) is 29.4. The van der Waals surface area contributed by atoms with Crippen LogP contribution < -0.4 is 10.6 Å². The van der Waals surface area contributed by atoms with E-state index < -0.39 is 18.2 Å². The summed E-state index contributed by atoms with van der Waals surface area (Å²) in [6.45, 7) is 12.4. The van der Waals surface area contributed by atoms with Crippen LogP contribution in [0, 0.1) is 5.41 Å². The van der Waals surface area contributed by atoms with Gasteiger partial charge in [-0.05, 0) is 42.4 Å². The van der Waals surface area contributed by atoms with Gasteiger partial charge in [0.25, 0.3) is 0 Å². The largest absolute Gasteiger partial charge is 0.375 e. The third-order valence-electron chi connectivity index (χ3n) is 7.14. The predicted octanol–water partition coefficient (Wildman–Crippen LogP) is 6.05. The van der Waals surface area contributed by atoms with Gasteiger partial charge < -0.3 is 19.5 Å². The summed E-state index contributed by atoms with van der Waals surface area (Å²) in [5.41, 5.74) is 2.90. The molecule has 1 saturated heterocycles. The van der Waals surface area contributed by atoms with Crippen LogP contribution >= 0.6 is 0 Å². The number of carbonyl (C=O) groups excluding carboxylic acids is 1. The molecule has 1 heterocycles. The molecule has 6 nitrogen and oxygen atoms in total.